The van der Waals surface area contributed by atoms with Gasteiger partial charge in [0.05, 0.1) is 6.20 Å². The quantitative estimate of drug-likeness (QED) is 0.836. The van der Waals surface area contributed by atoms with Gasteiger partial charge in [-0.3, -0.25) is 10.00 Å². The highest BCUT2D eigenvalue weighted by Crippen LogP contribution is 2.28. The standard InChI is InChI=1S/C13H22N4/c1-10(11-8-14-15-9-11)16-12-5-7-17-6-3-2-4-13(12)17/h8-10,12-13,16H,2-7H2,1H3,(H,14,15). The smallest absolute Gasteiger partial charge is 0.0534 e. The van der Waals surface area contributed by atoms with Crippen LogP contribution < -0.4 is 5.32 Å². The van der Waals surface area contributed by atoms with Crippen LogP contribution in [0.2, 0.25) is 0 Å². The summed E-state index contributed by atoms with van der Waals surface area (Å²) in [6.07, 6.45) is 9.37. The molecular formula is C13H22N4. The van der Waals surface area contributed by atoms with Gasteiger partial charge < -0.3 is 5.32 Å². The van der Waals surface area contributed by atoms with Gasteiger partial charge in [0.25, 0.3) is 0 Å². The summed E-state index contributed by atoms with van der Waals surface area (Å²) in [5, 5.41) is 10.7. The van der Waals surface area contributed by atoms with Crippen molar-refractivity contribution < 1.29 is 0 Å². The third-order valence-corrected chi connectivity index (χ3v) is 4.34. The van der Waals surface area contributed by atoms with E-state index in [1.165, 1.54) is 44.3 Å². The van der Waals surface area contributed by atoms with Crippen molar-refractivity contribution in [3.63, 3.8) is 0 Å². The molecule has 0 radical (unpaired) electrons. The number of nitrogens with one attached hydrogen (secondary N) is 2. The van der Waals surface area contributed by atoms with E-state index in [1.807, 2.05) is 12.4 Å². The predicted molar refractivity (Wildman–Crippen MR) is 67.8 cm³/mol. The van der Waals surface area contributed by atoms with Gasteiger partial charge in [-0.05, 0) is 32.7 Å². The predicted octanol–water partition coefficient (Wildman–Crippen LogP) is 1.69. The van der Waals surface area contributed by atoms with Crippen molar-refractivity contribution in [1.82, 2.24) is 20.4 Å². The van der Waals surface area contributed by atoms with Gasteiger partial charge >= 0.3 is 0 Å². The minimum atomic E-state index is 0.403. The third-order valence-electron chi connectivity index (χ3n) is 4.34. The van der Waals surface area contributed by atoms with Gasteiger partial charge in [0, 0.05) is 36.4 Å². The molecule has 2 aliphatic rings. The molecule has 3 rings (SSSR count). The monoisotopic (exact) mass is 234 g/mol. The molecule has 0 amide bonds. The van der Waals surface area contributed by atoms with Gasteiger partial charge in [-0.15, -0.1) is 0 Å². The van der Waals surface area contributed by atoms with Crippen molar-refractivity contribution in [3.05, 3.63) is 18.0 Å². The van der Waals surface area contributed by atoms with E-state index in [9.17, 15) is 0 Å². The molecule has 3 unspecified atom stereocenters. The Kier molecular flexibility index (Phi) is 3.16. The molecule has 3 heterocycles. The Balaban J connectivity index is 1.62. The average Bonchev–Trinajstić information content (AvgIpc) is 2.98. The molecule has 1 aromatic rings. The highest BCUT2D eigenvalue weighted by molar-refractivity contribution is 5.09. The number of nitrogens with zero attached hydrogens (tertiary/aromatic N) is 2. The van der Waals surface area contributed by atoms with Crippen LogP contribution in [0.25, 0.3) is 0 Å². The number of fused-ring (bicyclic) bond motifs is 1. The second-order valence-corrected chi connectivity index (χ2v) is 5.41. The minimum absolute atomic E-state index is 0.403. The summed E-state index contributed by atoms with van der Waals surface area (Å²) < 4.78 is 0. The van der Waals surface area contributed by atoms with E-state index in [1.54, 1.807) is 0 Å². The number of aromatic nitrogens is 2. The SMILES string of the molecule is CC(NC1CCN2CCCCC12)c1cn[nH]c1. The molecule has 0 saturated carbocycles. The molecule has 2 N–H and O–H groups in total. The Morgan fingerprint density at radius 1 is 1.41 bits per heavy atom. The first-order chi connectivity index (χ1) is 8.34. The lowest BCUT2D eigenvalue weighted by molar-refractivity contribution is 0.177. The Morgan fingerprint density at radius 2 is 2.35 bits per heavy atom. The number of H-pyrrole nitrogens is 1. The molecule has 0 spiro atoms. The number of rotatable bonds is 3. The summed E-state index contributed by atoms with van der Waals surface area (Å²) in [6.45, 7) is 4.82. The largest absolute Gasteiger partial charge is 0.306 e. The van der Waals surface area contributed by atoms with Crippen LogP contribution in [0.5, 0.6) is 0 Å². The first-order valence-electron chi connectivity index (χ1n) is 6.83. The zero-order valence-electron chi connectivity index (χ0n) is 10.5. The van der Waals surface area contributed by atoms with Crippen molar-refractivity contribution in [2.45, 2.75) is 50.7 Å². The highest BCUT2D eigenvalue weighted by atomic mass is 15.2. The molecule has 0 bridgehead atoms. The van der Waals surface area contributed by atoms with E-state index in [2.05, 4.69) is 27.3 Å². The first-order valence-corrected chi connectivity index (χ1v) is 6.83. The van der Waals surface area contributed by atoms with Crippen LogP contribution in [0.3, 0.4) is 0 Å². The number of hydrogen-bond acceptors (Lipinski definition) is 3. The van der Waals surface area contributed by atoms with E-state index >= 15 is 0 Å². The van der Waals surface area contributed by atoms with E-state index in [0.29, 0.717) is 12.1 Å². The lowest BCUT2D eigenvalue weighted by Crippen LogP contribution is -2.45. The first kappa shape index (κ1) is 11.2. The van der Waals surface area contributed by atoms with Crippen LogP contribution in [0.4, 0.5) is 0 Å². The van der Waals surface area contributed by atoms with E-state index in [4.69, 9.17) is 0 Å². The van der Waals surface area contributed by atoms with Gasteiger partial charge in [0.15, 0.2) is 0 Å². The molecule has 4 nitrogen and oxygen atoms in total. The Hall–Kier alpha value is -0.870. The summed E-state index contributed by atoms with van der Waals surface area (Å²) in [6, 6.07) is 1.85. The van der Waals surface area contributed by atoms with E-state index < -0.39 is 0 Å². The number of aromatic amines is 1. The topological polar surface area (TPSA) is 44.0 Å². The maximum Gasteiger partial charge on any atom is 0.0534 e. The van der Waals surface area contributed by atoms with Gasteiger partial charge in [-0.25, -0.2) is 0 Å². The molecule has 2 fully saturated rings. The van der Waals surface area contributed by atoms with Gasteiger partial charge in [-0.1, -0.05) is 6.42 Å². The van der Waals surface area contributed by atoms with Crippen molar-refractivity contribution in [2.24, 2.45) is 0 Å². The van der Waals surface area contributed by atoms with Crippen LogP contribution in [-0.2, 0) is 0 Å². The van der Waals surface area contributed by atoms with Crippen LogP contribution in [0, 0.1) is 0 Å². The Bertz CT molecular complexity index is 348. The van der Waals surface area contributed by atoms with Crippen molar-refractivity contribution in [3.8, 4) is 0 Å². The van der Waals surface area contributed by atoms with Crippen LogP contribution in [0.15, 0.2) is 12.4 Å². The summed E-state index contributed by atoms with van der Waals surface area (Å²) in [4.78, 5) is 2.67. The fourth-order valence-electron chi connectivity index (χ4n) is 3.36. The maximum atomic E-state index is 4.02. The molecule has 0 aliphatic carbocycles. The summed E-state index contributed by atoms with van der Waals surface area (Å²) in [5.74, 6) is 0. The van der Waals surface area contributed by atoms with Crippen LogP contribution >= 0.6 is 0 Å². The molecule has 1 aromatic heterocycles. The second kappa shape index (κ2) is 4.78. The summed E-state index contributed by atoms with van der Waals surface area (Å²) in [7, 11) is 0. The Labute approximate surface area is 103 Å². The van der Waals surface area contributed by atoms with Crippen molar-refractivity contribution >= 4 is 0 Å². The fourth-order valence-corrected chi connectivity index (χ4v) is 3.36. The van der Waals surface area contributed by atoms with Gasteiger partial charge in [0.1, 0.15) is 0 Å². The molecule has 2 aliphatic heterocycles. The zero-order chi connectivity index (χ0) is 11.7. The minimum Gasteiger partial charge on any atom is -0.306 e. The van der Waals surface area contributed by atoms with Crippen molar-refractivity contribution in [2.75, 3.05) is 13.1 Å². The molecule has 4 heteroatoms. The van der Waals surface area contributed by atoms with Crippen LogP contribution in [0.1, 0.15) is 44.2 Å². The molecule has 0 aromatic carbocycles. The van der Waals surface area contributed by atoms with Crippen LogP contribution in [-0.4, -0.2) is 40.3 Å². The molecule has 2 saturated heterocycles. The highest BCUT2D eigenvalue weighted by Gasteiger charge is 2.35. The number of hydrogen-bond donors (Lipinski definition) is 2. The molecule has 17 heavy (non-hydrogen) atoms. The summed E-state index contributed by atoms with van der Waals surface area (Å²) in [5.41, 5.74) is 1.26. The molecular weight excluding hydrogens is 212 g/mol. The summed E-state index contributed by atoms with van der Waals surface area (Å²) >= 11 is 0. The lowest BCUT2D eigenvalue weighted by atomic mass is 9.98. The average molecular weight is 234 g/mol. The normalized spacial score (nSPS) is 31.4. The lowest BCUT2D eigenvalue weighted by Gasteiger charge is -2.33. The van der Waals surface area contributed by atoms with Gasteiger partial charge in [0.2, 0.25) is 0 Å². The third kappa shape index (κ3) is 2.24. The molecule has 3 atom stereocenters. The van der Waals surface area contributed by atoms with E-state index in [-0.39, 0.29) is 0 Å². The van der Waals surface area contributed by atoms with Crippen molar-refractivity contribution in [1.29, 1.82) is 0 Å². The molecule has 94 valence electrons. The van der Waals surface area contributed by atoms with Gasteiger partial charge in [-0.2, -0.15) is 5.10 Å². The zero-order valence-corrected chi connectivity index (χ0v) is 10.5. The Morgan fingerprint density at radius 3 is 3.18 bits per heavy atom. The maximum absolute atomic E-state index is 4.02. The van der Waals surface area contributed by atoms with E-state index in [0.717, 1.165) is 6.04 Å². The fraction of sp³-hybridized carbons (Fsp3) is 0.769. The second-order valence-electron chi connectivity index (χ2n) is 5.41. The number of piperidine rings is 1.